The molecule has 0 heterocycles. The summed E-state index contributed by atoms with van der Waals surface area (Å²) >= 11 is 0. The van der Waals surface area contributed by atoms with E-state index in [1.807, 2.05) is 13.8 Å². The van der Waals surface area contributed by atoms with Crippen LogP contribution in [0.5, 0.6) is 0 Å². The van der Waals surface area contributed by atoms with Crippen molar-refractivity contribution in [3.63, 3.8) is 0 Å². The number of aliphatic carboxylic acids is 2. The summed E-state index contributed by atoms with van der Waals surface area (Å²) in [6, 6.07) is -0.819. The number of carbonyl (C=O) groups is 2. The molecule has 0 aliphatic heterocycles. The van der Waals surface area contributed by atoms with E-state index in [1.165, 1.54) is 0 Å². The maximum atomic E-state index is 10.4. The summed E-state index contributed by atoms with van der Waals surface area (Å²) in [5.41, 5.74) is 0. The quantitative estimate of drug-likeness (QED) is 0.542. The third-order valence-electron chi connectivity index (χ3n) is 2.16. The fourth-order valence-electron chi connectivity index (χ4n) is 0.937. The summed E-state index contributed by atoms with van der Waals surface area (Å²) in [4.78, 5) is 20.3. The van der Waals surface area contributed by atoms with Gasteiger partial charge in [-0.05, 0) is 33.4 Å². The summed E-state index contributed by atoms with van der Waals surface area (Å²) < 4.78 is 0. The van der Waals surface area contributed by atoms with Crippen molar-refractivity contribution in [3.8, 4) is 0 Å². The molecule has 0 amide bonds. The largest absolute Gasteiger partial charge is 0.480 e. The topological polar surface area (TPSA) is 98.7 Å². The number of nitrogens with one attached hydrogen (secondary N) is 2. The summed E-state index contributed by atoms with van der Waals surface area (Å²) in [5.74, 6) is -1.16. The number of hydrogen-bond donors (Lipinski definition) is 4. The number of carboxylic acids is 2. The minimum absolute atomic E-state index is 0.389. The standard InChI is InChI=1S/C7H15NO2.C4H9NO2/c1-5(2)4-6(8-3)7(9)10;1-3(5-2)4(6)7/h5-6,8H,4H2,1-3H3,(H,9,10);3,5H,1-2H3,(H,6,7)/t;3-/m.1/s1. The first-order chi connectivity index (χ1) is 7.76. The highest BCUT2D eigenvalue weighted by Crippen LogP contribution is 2.03. The van der Waals surface area contributed by atoms with Crippen molar-refractivity contribution in [1.29, 1.82) is 0 Å². The summed E-state index contributed by atoms with van der Waals surface area (Å²) in [7, 11) is 3.28. The van der Waals surface area contributed by atoms with Crippen molar-refractivity contribution in [2.24, 2.45) is 5.92 Å². The van der Waals surface area contributed by atoms with Gasteiger partial charge in [0.05, 0.1) is 0 Å². The molecule has 0 aliphatic rings. The molecule has 0 aromatic carbocycles. The summed E-state index contributed by atoms with van der Waals surface area (Å²) in [6.07, 6.45) is 0.686. The fourth-order valence-corrected chi connectivity index (χ4v) is 0.937. The van der Waals surface area contributed by atoms with Crippen molar-refractivity contribution >= 4 is 11.9 Å². The van der Waals surface area contributed by atoms with E-state index in [0.29, 0.717) is 12.3 Å². The Morgan fingerprint density at radius 2 is 1.47 bits per heavy atom. The number of hydrogen-bond acceptors (Lipinski definition) is 4. The van der Waals surface area contributed by atoms with Crippen LogP contribution in [-0.2, 0) is 9.59 Å². The molecule has 1 unspecified atom stereocenters. The van der Waals surface area contributed by atoms with Gasteiger partial charge in [-0.25, -0.2) is 0 Å². The maximum Gasteiger partial charge on any atom is 0.320 e. The third-order valence-corrected chi connectivity index (χ3v) is 2.16. The molecule has 0 bridgehead atoms. The highest BCUT2D eigenvalue weighted by molar-refractivity contribution is 5.73. The average molecular weight is 248 g/mol. The zero-order chi connectivity index (χ0) is 14.0. The first kappa shape index (κ1) is 18.2. The molecule has 0 aliphatic carbocycles. The van der Waals surface area contributed by atoms with Gasteiger partial charge in [-0.1, -0.05) is 13.8 Å². The van der Waals surface area contributed by atoms with Crippen molar-refractivity contribution in [1.82, 2.24) is 10.6 Å². The van der Waals surface area contributed by atoms with Crippen LogP contribution in [0.3, 0.4) is 0 Å². The van der Waals surface area contributed by atoms with Gasteiger partial charge in [-0.3, -0.25) is 9.59 Å². The Morgan fingerprint density at radius 3 is 1.53 bits per heavy atom. The molecule has 102 valence electrons. The van der Waals surface area contributed by atoms with Crippen molar-refractivity contribution in [2.75, 3.05) is 14.1 Å². The van der Waals surface area contributed by atoms with Gasteiger partial charge >= 0.3 is 11.9 Å². The van der Waals surface area contributed by atoms with Crippen LogP contribution in [-0.4, -0.2) is 48.3 Å². The van der Waals surface area contributed by atoms with Crippen LogP contribution in [0.4, 0.5) is 0 Å². The molecule has 2 atom stereocenters. The lowest BCUT2D eigenvalue weighted by molar-refractivity contribution is -0.140. The van der Waals surface area contributed by atoms with Gasteiger partial charge in [0.15, 0.2) is 0 Å². The Morgan fingerprint density at radius 1 is 1.00 bits per heavy atom. The lowest BCUT2D eigenvalue weighted by atomic mass is 10.0. The molecule has 0 saturated heterocycles. The predicted molar refractivity (Wildman–Crippen MR) is 66.1 cm³/mol. The van der Waals surface area contributed by atoms with E-state index < -0.39 is 18.0 Å². The van der Waals surface area contributed by atoms with Crippen LogP contribution >= 0.6 is 0 Å². The van der Waals surface area contributed by atoms with Crippen molar-refractivity contribution < 1.29 is 19.8 Å². The minimum Gasteiger partial charge on any atom is -0.480 e. The highest BCUT2D eigenvalue weighted by atomic mass is 16.4. The molecule has 0 radical (unpaired) electrons. The first-order valence-corrected chi connectivity index (χ1v) is 5.56. The molecule has 6 heteroatoms. The number of carboxylic acid groups (broad SMARTS) is 2. The Kier molecular flexibility index (Phi) is 10.8. The lowest BCUT2D eigenvalue weighted by Gasteiger charge is -2.12. The van der Waals surface area contributed by atoms with E-state index in [1.54, 1.807) is 21.0 Å². The van der Waals surface area contributed by atoms with Crippen molar-refractivity contribution in [2.45, 2.75) is 39.3 Å². The zero-order valence-electron chi connectivity index (χ0n) is 11.2. The second-order valence-electron chi connectivity index (χ2n) is 4.16. The Labute approximate surface area is 102 Å². The van der Waals surface area contributed by atoms with Gasteiger partial charge < -0.3 is 20.8 Å². The van der Waals surface area contributed by atoms with Gasteiger partial charge in [-0.15, -0.1) is 0 Å². The van der Waals surface area contributed by atoms with Crippen LogP contribution in [0, 0.1) is 5.92 Å². The molecule has 0 fully saturated rings. The van der Waals surface area contributed by atoms with Gasteiger partial charge in [0.1, 0.15) is 12.1 Å². The van der Waals surface area contributed by atoms with E-state index in [4.69, 9.17) is 10.2 Å². The zero-order valence-corrected chi connectivity index (χ0v) is 11.2. The molecule has 0 aromatic rings. The van der Waals surface area contributed by atoms with Crippen LogP contribution in [0.25, 0.3) is 0 Å². The maximum absolute atomic E-state index is 10.4. The molecule has 6 nitrogen and oxygen atoms in total. The predicted octanol–water partition coefficient (Wildman–Crippen LogP) is 0.384. The number of likely N-dealkylation sites (N-methyl/N-ethyl adjacent to an activating group) is 2. The third kappa shape index (κ3) is 11.1. The molecule has 0 saturated carbocycles. The van der Waals surface area contributed by atoms with E-state index in [2.05, 4.69) is 10.6 Å². The Balaban J connectivity index is 0. The highest BCUT2D eigenvalue weighted by Gasteiger charge is 2.15. The van der Waals surface area contributed by atoms with Crippen LogP contribution < -0.4 is 10.6 Å². The number of rotatable bonds is 6. The Bertz CT molecular complexity index is 232. The first-order valence-electron chi connectivity index (χ1n) is 5.56. The van der Waals surface area contributed by atoms with Gasteiger partial charge in [0, 0.05) is 0 Å². The second-order valence-corrected chi connectivity index (χ2v) is 4.16. The van der Waals surface area contributed by atoms with Gasteiger partial charge in [-0.2, -0.15) is 0 Å². The second kappa shape index (κ2) is 10.0. The molecule has 17 heavy (non-hydrogen) atoms. The molecule has 4 N–H and O–H groups in total. The van der Waals surface area contributed by atoms with E-state index in [0.717, 1.165) is 0 Å². The fraction of sp³-hybridized carbons (Fsp3) is 0.818. The van der Waals surface area contributed by atoms with Crippen LogP contribution in [0.15, 0.2) is 0 Å². The minimum atomic E-state index is -0.817. The average Bonchev–Trinajstić information content (AvgIpc) is 2.24. The smallest absolute Gasteiger partial charge is 0.320 e. The van der Waals surface area contributed by atoms with Gasteiger partial charge in [0.2, 0.25) is 0 Å². The summed E-state index contributed by atoms with van der Waals surface area (Å²) in [6.45, 7) is 5.60. The molecule has 0 aromatic heterocycles. The van der Waals surface area contributed by atoms with Crippen molar-refractivity contribution in [3.05, 3.63) is 0 Å². The van der Waals surface area contributed by atoms with E-state index in [9.17, 15) is 9.59 Å². The SMILES string of the molecule is CNC(CC(C)C)C(=O)O.CN[C@H](C)C(=O)O. The van der Waals surface area contributed by atoms with E-state index in [-0.39, 0.29) is 6.04 Å². The lowest BCUT2D eigenvalue weighted by Crippen LogP contribution is -2.34. The summed E-state index contributed by atoms with van der Waals surface area (Å²) in [5, 5.41) is 22.0. The molecular weight excluding hydrogens is 224 g/mol. The Hall–Kier alpha value is -1.14. The van der Waals surface area contributed by atoms with Crippen LogP contribution in [0.1, 0.15) is 27.2 Å². The van der Waals surface area contributed by atoms with Gasteiger partial charge in [0.25, 0.3) is 0 Å². The molecule has 0 spiro atoms. The normalized spacial score (nSPS) is 13.5. The molecular formula is C11H24N2O4. The van der Waals surface area contributed by atoms with Crippen LogP contribution in [0.2, 0.25) is 0 Å². The monoisotopic (exact) mass is 248 g/mol. The molecule has 0 rings (SSSR count). The van der Waals surface area contributed by atoms with E-state index >= 15 is 0 Å².